The molecule has 2 rings (SSSR count). The topological polar surface area (TPSA) is 30.5 Å². The van der Waals surface area contributed by atoms with Gasteiger partial charge in [0.2, 0.25) is 0 Å². The van der Waals surface area contributed by atoms with E-state index in [1.165, 1.54) is 24.8 Å². The van der Waals surface area contributed by atoms with E-state index in [2.05, 4.69) is 32.2 Å². The third-order valence-corrected chi connectivity index (χ3v) is 4.46. The Bertz CT molecular complexity index is 470. The lowest BCUT2D eigenvalue weighted by Gasteiger charge is -2.39. The molecular formula is C18H29NO2. The third kappa shape index (κ3) is 4.37. The average Bonchev–Trinajstić information content (AvgIpc) is 2.42. The van der Waals surface area contributed by atoms with Crippen LogP contribution < -0.4 is 14.8 Å². The summed E-state index contributed by atoms with van der Waals surface area (Å²) < 4.78 is 10.7. The number of nitrogens with one attached hydrogen (secondary N) is 1. The average molecular weight is 291 g/mol. The van der Waals surface area contributed by atoms with Crippen LogP contribution in [0, 0.1) is 11.3 Å². The first-order valence-electron chi connectivity index (χ1n) is 7.88. The van der Waals surface area contributed by atoms with Gasteiger partial charge in [-0.2, -0.15) is 0 Å². The van der Waals surface area contributed by atoms with Gasteiger partial charge in [-0.1, -0.05) is 26.8 Å². The van der Waals surface area contributed by atoms with Crippen LogP contribution in [0.15, 0.2) is 18.2 Å². The normalized spacial score (nSPS) is 24.6. The lowest BCUT2D eigenvalue weighted by molar-refractivity contribution is 0.150. The van der Waals surface area contributed by atoms with E-state index >= 15 is 0 Å². The second-order valence-corrected chi connectivity index (χ2v) is 7.17. The molecule has 1 aliphatic rings. The Balaban J connectivity index is 1.99. The summed E-state index contributed by atoms with van der Waals surface area (Å²) in [7, 11) is 3.39. The fraction of sp³-hybridized carbons (Fsp3) is 0.667. The summed E-state index contributed by atoms with van der Waals surface area (Å²) >= 11 is 0. The van der Waals surface area contributed by atoms with Crippen molar-refractivity contribution in [2.75, 3.05) is 14.2 Å². The van der Waals surface area contributed by atoms with Gasteiger partial charge in [0.15, 0.2) is 0 Å². The van der Waals surface area contributed by atoms with Crippen LogP contribution in [-0.4, -0.2) is 20.3 Å². The van der Waals surface area contributed by atoms with Crippen molar-refractivity contribution in [1.82, 2.24) is 5.32 Å². The largest absolute Gasteiger partial charge is 0.497 e. The minimum atomic E-state index is 0.444. The Kier molecular flexibility index (Phi) is 5.15. The van der Waals surface area contributed by atoms with Crippen molar-refractivity contribution in [1.29, 1.82) is 0 Å². The van der Waals surface area contributed by atoms with Gasteiger partial charge >= 0.3 is 0 Å². The van der Waals surface area contributed by atoms with Crippen LogP contribution in [-0.2, 0) is 6.54 Å². The van der Waals surface area contributed by atoms with Crippen molar-refractivity contribution in [2.45, 2.75) is 52.6 Å². The molecule has 3 heteroatoms. The molecule has 1 N–H and O–H groups in total. The van der Waals surface area contributed by atoms with Gasteiger partial charge in [0, 0.05) is 24.2 Å². The second kappa shape index (κ2) is 6.69. The van der Waals surface area contributed by atoms with Crippen molar-refractivity contribution in [2.24, 2.45) is 11.3 Å². The standard InChI is InChI=1S/C18H29NO2/c1-13-8-15(11-18(2,3)10-13)19-12-14-6-7-16(20-4)9-17(14)21-5/h6-7,9,13,15,19H,8,10-12H2,1-5H3. The number of ether oxygens (including phenoxy) is 2. The zero-order valence-corrected chi connectivity index (χ0v) is 14.0. The minimum Gasteiger partial charge on any atom is -0.497 e. The van der Waals surface area contributed by atoms with Crippen LogP contribution in [0.1, 0.15) is 45.6 Å². The molecule has 1 fully saturated rings. The van der Waals surface area contributed by atoms with E-state index in [1.54, 1.807) is 14.2 Å². The zero-order chi connectivity index (χ0) is 15.5. The quantitative estimate of drug-likeness (QED) is 0.889. The smallest absolute Gasteiger partial charge is 0.127 e. The molecule has 0 aliphatic heterocycles. The molecule has 1 saturated carbocycles. The monoisotopic (exact) mass is 291 g/mol. The Morgan fingerprint density at radius 1 is 1.19 bits per heavy atom. The van der Waals surface area contributed by atoms with Gasteiger partial charge in [-0.05, 0) is 36.7 Å². The van der Waals surface area contributed by atoms with E-state index in [1.807, 2.05) is 12.1 Å². The molecule has 118 valence electrons. The summed E-state index contributed by atoms with van der Waals surface area (Å²) in [5.41, 5.74) is 1.63. The molecule has 1 aliphatic carbocycles. The van der Waals surface area contributed by atoms with Crippen molar-refractivity contribution in [3.63, 3.8) is 0 Å². The highest BCUT2D eigenvalue weighted by molar-refractivity contribution is 5.40. The van der Waals surface area contributed by atoms with E-state index < -0.39 is 0 Å². The number of hydrogen-bond acceptors (Lipinski definition) is 3. The van der Waals surface area contributed by atoms with Crippen LogP contribution in [0.5, 0.6) is 11.5 Å². The molecule has 0 amide bonds. The minimum absolute atomic E-state index is 0.444. The molecule has 2 atom stereocenters. The van der Waals surface area contributed by atoms with Gasteiger partial charge in [0.25, 0.3) is 0 Å². The molecule has 0 bridgehead atoms. The van der Waals surface area contributed by atoms with Crippen molar-refractivity contribution < 1.29 is 9.47 Å². The van der Waals surface area contributed by atoms with E-state index in [9.17, 15) is 0 Å². The molecule has 0 heterocycles. The predicted octanol–water partition coefficient (Wildman–Crippen LogP) is 4.01. The van der Waals surface area contributed by atoms with Crippen LogP contribution in [0.2, 0.25) is 0 Å². The Morgan fingerprint density at radius 3 is 2.57 bits per heavy atom. The molecule has 1 aromatic rings. The van der Waals surface area contributed by atoms with Crippen LogP contribution in [0.4, 0.5) is 0 Å². The summed E-state index contributed by atoms with van der Waals surface area (Å²) in [5.74, 6) is 2.53. The van der Waals surface area contributed by atoms with Crippen molar-refractivity contribution in [3.05, 3.63) is 23.8 Å². The third-order valence-electron chi connectivity index (χ3n) is 4.46. The number of rotatable bonds is 5. The van der Waals surface area contributed by atoms with Crippen LogP contribution >= 0.6 is 0 Å². The Labute approximate surface area is 129 Å². The maximum atomic E-state index is 5.47. The van der Waals surface area contributed by atoms with Gasteiger partial charge in [-0.3, -0.25) is 0 Å². The van der Waals surface area contributed by atoms with Crippen molar-refractivity contribution in [3.8, 4) is 11.5 Å². The summed E-state index contributed by atoms with van der Waals surface area (Å²) in [6.45, 7) is 7.97. The molecule has 3 nitrogen and oxygen atoms in total. The molecule has 0 spiro atoms. The van der Waals surface area contributed by atoms with Gasteiger partial charge in [0.05, 0.1) is 14.2 Å². The lowest BCUT2D eigenvalue weighted by atomic mass is 9.70. The molecule has 0 radical (unpaired) electrons. The van der Waals surface area contributed by atoms with Gasteiger partial charge < -0.3 is 14.8 Å². The highest BCUT2D eigenvalue weighted by atomic mass is 16.5. The zero-order valence-electron chi connectivity index (χ0n) is 14.0. The van der Waals surface area contributed by atoms with E-state index in [-0.39, 0.29) is 0 Å². The maximum absolute atomic E-state index is 5.47. The number of benzene rings is 1. The Morgan fingerprint density at radius 2 is 1.95 bits per heavy atom. The fourth-order valence-electron chi connectivity index (χ4n) is 3.75. The summed E-state index contributed by atoms with van der Waals surface area (Å²) in [6, 6.07) is 6.62. The first-order chi connectivity index (χ1) is 9.93. The molecule has 1 aromatic carbocycles. The summed E-state index contributed by atoms with van der Waals surface area (Å²) in [6.07, 6.45) is 3.84. The molecule has 2 unspecified atom stereocenters. The first-order valence-corrected chi connectivity index (χ1v) is 7.88. The van der Waals surface area contributed by atoms with Gasteiger partial charge in [-0.25, -0.2) is 0 Å². The van der Waals surface area contributed by atoms with Gasteiger partial charge in [0.1, 0.15) is 11.5 Å². The van der Waals surface area contributed by atoms with E-state index in [0.29, 0.717) is 11.5 Å². The maximum Gasteiger partial charge on any atom is 0.127 e. The van der Waals surface area contributed by atoms with Crippen LogP contribution in [0.25, 0.3) is 0 Å². The summed E-state index contributed by atoms with van der Waals surface area (Å²) in [4.78, 5) is 0. The highest BCUT2D eigenvalue weighted by Crippen LogP contribution is 2.38. The molecule has 0 saturated heterocycles. The molecule has 0 aromatic heterocycles. The summed E-state index contributed by atoms with van der Waals surface area (Å²) in [5, 5.41) is 3.72. The van der Waals surface area contributed by atoms with E-state index in [4.69, 9.17) is 9.47 Å². The Hall–Kier alpha value is -1.22. The highest BCUT2D eigenvalue weighted by Gasteiger charge is 2.31. The molecule has 21 heavy (non-hydrogen) atoms. The number of methoxy groups -OCH3 is 2. The van der Waals surface area contributed by atoms with Crippen molar-refractivity contribution >= 4 is 0 Å². The predicted molar refractivity (Wildman–Crippen MR) is 87.0 cm³/mol. The van der Waals surface area contributed by atoms with Gasteiger partial charge in [-0.15, -0.1) is 0 Å². The lowest BCUT2D eigenvalue weighted by Crippen LogP contribution is -2.39. The number of hydrogen-bond donors (Lipinski definition) is 1. The molecular weight excluding hydrogens is 262 g/mol. The van der Waals surface area contributed by atoms with E-state index in [0.717, 1.165) is 24.0 Å². The fourth-order valence-corrected chi connectivity index (χ4v) is 3.75. The van der Waals surface area contributed by atoms with Crippen LogP contribution in [0.3, 0.4) is 0 Å². The first kappa shape index (κ1) is 16.2. The second-order valence-electron chi connectivity index (χ2n) is 7.17. The SMILES string of the molecule is COc1ccc(CNC2CC(C)CC(C)(C)C2)c(OC)c1.